The highest BCUT2D eigenvalue weighted by atomic mass is 16.6. The van der Waals surface area contributed by atoms with Crippen LogP contribution in [-0.4, -0.2) is 20.9 Å². The number of aromatic nitrogens is 1. The zero-order valence-corrected chi connectivity index (χ0v) is 14.1. The second-order valence-corrected chi connectivity index (χ2v) is 5.71. The van der Waals surface area contributed by atoms with Crippen LogP contribution >= 0.6 is 0 Å². The lowest BCUT2D eigenvalue weighted by Gasteiger charge is -2.10. The maximum absolute atomic E-state index is 12.3. The minimum absolute atomic E-state index is 0.0362. The number of benzene rings is 2. The smallest absolute Gasteiger partial charge is 0.293 e. The third kappa shape index (κ3) is 4.57. The van der Waals surface area contributed by atoms with Gasteiger partial charge in [0.05, 0.1) is 4.92 Å². The number of carbonyl (C=O) groups is 1. The molecule has 0 spiro atoms. The molecule has 0 aliphatic heterocycles. The number of hydrogen-bond donors (Lipinski definition) is 3. The summed E-state index contributed by atoms with van der Waals surface area (Å²) in [6.45, 7) is 0.268. The van der Waals surface area contributed by atoms with Crippen LogP contribution in [0.4, 0.5) is 17.1 Å². The highest BCUT2D eigenvalue weighted by Crippen LogP contribution is 2.29. The van der Waals surface area contributed by atoms with Gasteiger partial charge in [-0.25, -0.2) is 0 Å². The van der Waals surface area contributed by atoms with E-state index in [1.54, 1.807) is 30.6 Å². The number of pyridine rings is 1. The lowest BCUT2D eigenvalue weighted by atomic mass is 10.1. The minimum Gasteiger partial charge on any atom is -0.508 e. The Labute approximate surface area is 154 Å². The molecule has 1 aromatic heterocycles. The number of nitro groups is 1. The van der Waals surface area contributed by atoms with Gasteiger partial charge in [0.2, 0.25) is 0 Å². The molecule has 0 saturated heterocycles. The number of phenolic OH excluding ortho intramolecular Hbond substituents is 1. The number of anilines is 2. The van der Waals surface area contributed by atoms with Gasteiger partial charge in [0.1, 0.15) is 11.4 Å². The Morgan fingerprint density at radius 2 is 2.00 bits per heavy atom. The molecule has 136 valence electrons. The molecule has 27 heavy (non-hydrogen) atoms. The molecule has 0 aliphatic carbocycles. The average molecular weight is 364 g/mol. The van der Waals surface area contributed by atoms with Crippen LogP contribution in [0.1, 0.15) is 15.9 Å². The molecule has 0 fully saturated rings. The molecule has 0 aliphatic rings. The van der Waals surface area contributed by atoms with Gasteiger partial charge in [-0.3, -0.25) is 19.9 Å². The maximum Gasteiger partial charge on any atom is 0.293 e. The normalized spacial score (nSPS) is 10.2. The number of nitrogens with zero attached hydrogens (tertiary/aromatic N) is 2. The second kappa shape index (κ2) is 7.96. The van der Waals surface area contributed by atoms with Crippen molar-refractivity contribution in [2.75, 3.05) is 5.32 Å². The Morgan fingerprint density at radius 3 is 2.70 bits per heavy atom. The van der Waals surface area contributed by atoms with Crippen molar-refractivity contribution in [3.63, 3.8) is 0 Å². The monoisotopic (exact) mass is 364 g/mol. The summed E-state index contributed by atoms with van der Waals surface area (Å²) in [4.78, 5) is 27.1. The summed E-state index contributed by atoms with van der Waals surface area (Å²) in [7, 11) is 0. The second-order valence-electron chi connectivity index (χ2n) is 5.71. The first-order valence-corrected chi connectivity index (χ1v) is 8.04. The molecule has 0 saturated carbocycles. The number of nitro benzene ring substituents is 1. The lowest BCUT2D eigenvalue weighted by molar-refractivity contribution is -0.383. The number of hydrogen-bond acceptors (Lipinski definition) is 6. The van der Waals surface area contributed by atoms with Crippen LogP contribution < -0.4 is 10.6 Å². The first-order chi connectivity index (χ1) is 13.0. The summed E-state index contributed by atoms with van der Waals surface area (Å²) >= 11 is 0. The Balaban J connectivity index is 1.78. The first-order valence-electron chi connectivity index (χ1n) is 8.04. The quantitative estimate of drug-likeness (QED) is 0.456. The molecule has 3 aromatic rings. The summed E-state index contributed by atoms with van der Waals surface area (Å²) in [5.74, 6) is -0.389. The van der Waals surface area contributed by atoms with E-state index < -0.39 is 10.8 Å². The molecule has 1 heterocycles. The van der Waals surface area contributed by atoms with Gasteiger partial charge in [0, 0.05) is 42.3 Å². The van der Waals surface area contributed by atoms with E-state index in [-0.39, 0.29) is 29.2 Å². The van der Waals surface area contributed by atoms with Crippen molar-refractivity contribution < 1.29 is 14.8 Å². The van der Waals surface area contributed by atoms with Gasteiger partial charge in [0.15, 0.2) is 0 Å². The predicted molar refractivity (Wildman–Crippen MR) is 99.9 cm³/mol. The number of rotatable bonds is 6. The summed E-state index contributed by atoms with van der Waals surface area (Å²) < 4.78 is 0. The average Bonchev–Trinajstić information content (AvgIpc) is 2.67. The van der Waals surface area contributed by atoms with Gasteiger partial charge in [0.25, 0.3) is 11.6 Å². The molecule has 3 rings (SSSR count). The zero-order chi connectivity index (χ0) is 19.2. The Morgan fingerprint density at radius 1 is 1.15 bits per heavy atom. The molecular formula is C19H16N4O4. The Kier molecular flexibility index (Phi) is 5.27. The van der Waals surface area contributed by atoms with Crippen molar-refractivity contribution in [3.8, 4) is 5.75 Å². The van der Waals surface area contributed by atoms with Gasteiger partial charge in [-0.2, -0.15) is 0 Å². The number of aromatic hydroxyl groups is 1. The zero-order valence-electron chi connectivity index (χ0n) is 14.1. The number of phenols is 1. The molecule has 0 unspecified atom stereocenters. The molecule has 3 N–H and O–H groups in total. The van der Waals surface area contributed by atoms with Crippen LogP contribution in [0.25, 0.3) is 0 Å². The van der Waals surface area contributed by atoms with Crippen LogP contribution in [0.3, 0.4) is 0 Å². The van der Waals surface area contributed by atoms with E-state index in [2.05, 4.69) is 15.6 Å². The fraction of sp³-hybridized carbons (Fsp3) is 0.0526. The molecule has 2 aromatic carbocycles. The fourth-order valence-corrected chi connectivity index (χ4v) is 2.46. The fourth-order valence-electron chi connectivity index (χ4n) is 2.46. The highest BCUT2D eigenvalue weighted by molar-refractivity contribution is 5.95. The van der Waals surface area contributed by atoms with Gasteiger partial charge < -0.3 is 15.7 Å². The summed E-state index contributed by atoms with van der Waals surface area (Å²) in [5.41, 5.74) is 1.46. The van der Waals surface area contributed by atoms with E-state index in [0.717, 1.165) is 5.56 Å². The molecule has 0 bridgehead atoms. The van der Waals surface area contributed by atoms with E-state index in [1.165, 1.54) is 30.3 Å². The molecule has 0 atom stereocenters. The predicted octanol–water partition coefficient (Wildman–Crippen LogP) is 3.37. The third-order valence-corrected chi connectivity index (χ3v) is 3.76. The largest absolute Gasteiger partial charge is 0.508 e. The van der Waals surface area contributed by atoms with E-state index in [1.807, 2.05) is 6.07 Å². The van der Waals surface area contributed by atoms with Crippen molar-refractivity contribution in [2.24, 2.45) is 0 Å². The number of nitrogens with one attached hydrogen (secondary N) is 2. The summed E-state index contributed by atoms with van der Waals surface area (Å²) in [5, 5.41) is 26.5. The van der Waals surface area contributed by atoms with Crippen LogP contribution in [0.5, 0.6) is 5.75 Å². The molecular weight excluding hydrogens is 348 g/mol. The summed E-state index contributed by atoms with van der Waals surface area (Å²) in [6, 6.07) is 14.0. The minimum atomic E-state index is -0.566. The molecule has 1 amide bonds. The topological polar surface area (TPSA) is 117 Å². The highest BCUT2D eigenvalue weighted by Gasteiger charge is 2.18. The molecule has 8 heteroatoms. The van der Waals surface area contributed by atoms with Crippen molar-refractivity contribution in [1.29, 1.82) is 0 Å². The van der Waals surface area contributed by atoms with Crippen molar-refractivity contribution >= 4 is 23.0 Å². The number of amides is 1. The van der Waals surface area contributed by atoms with Gasteiger partial charge in [-0.05, 0) is 35.9 Å². The molecule has 8 nitrogen and oxygen atoms in total. The van der Waals surface area contributed by atoms with E-state index in [4.69, 9.17) is 0 Å². The van der Waals surface area contributed by atoms with Gasteiger partial charge in [-0.15, -0.1) is 0 Å². The SMILES string of the molecule is O=C(NCc1cccnc1)c1ccc(Nc2cccc(O)c2)c([N+](=O)[O-])c1. The maximum atomic E-state index is 12.3. The van der Waals surface area contributed by atoms with Crippen molar-refractivity contribution in [1.82, 2.24) is 10.3 Å². The Hall–Kier alpha value is -3.94. The lowest BCUT2D eigenvalue weighted by Crippen LogP contribution is -2.23. The third-order valence-electron chi connectivity index (χ3n) is 3.76. The van der Waals surface area contributed by atoms with Crippen LogP contribution in [-0.2, 0) is 6.54 Å². The first kappa shape index (κ1) is 17.9. The van der Waals surface area contributed by atoms with Crippen molar-refractivity contribution in [3.05, 3.63) is 88.2 Å². The van der Waals surface area contributed by atoms with Crippen LogP contribution in [0.2, 0.25) is 0 Å². The number of carbonyl (C=O) groups excluding carboxylic acids is 1. The van der Waals surface area contributed by atoms with Gasteiger partial charge >= 0.3 is 0 Å². The van der Waals surface area contributed by atoms with Crippen molar-refractivity contribution in [2.45, 2.75) is 6.54 Å². The summed E-state index contributed by atoms with van der Waals surface area (Å²) in [6.07, 6.45) is 3.26. The van der Waals surface area contributed by atoms with E-state index in [9.17, 15) is 20.0 Å². The molecule has 0 radical (unpaired) electrons. The van der Waals surface area contributed by atoms with Gasteiger partial charge in [-0.1, -0.05) is 12.1 Å². The standard InChI is InChI=1S/C19H16N4O4/c24-16-5-1-4-15(10-16)22-17-7-6-14(9-18(17)23(26)27)19(25)21-12-13-3-2-8-20-11-13/h1-11,22,24H,12H2,(H,21,25). The Bertz CT molecular complexity index is 976. The van der Waals surface area contributed by atoms with Crippen LogP contribution in [0, 0.1) is 10.1 Å². The van der Waals surface area contributed by atoms with Crippen LogP contribution in [0.15, 0.2) is 67.0 Å². The van der Waals surface area contributed by atoms with E-state index >= 15 is 0 Å². The van der Waals surface area contributed by atoms with E-state index in [0.29, 0.717) is 5.69 Å².